The normalized spacial score (nSPS) is 25.2. The number of hydrogen-bond acceptors (Lipinski definition) is 13. The Kier molecular flexibility index (Phi) is 10.1. The highest BCUT2D eigenvalue weighted by Crippen LogP contribution is 2.72. The number of nitrogens with zero attached hydrogens (tertiary/aromatic N) is 8. The Bertz CT molecular complexity index is 2450. The summed E-state index contributed by atoms with van der Waals surface area (Å²) in [6, 6.07) is 13.4. The zero-order chi connectivity index (χ0) is 41.3. The molecule has 4 fully saturated rings. The molecule has 0 amide bonds. The van der Waals surface area contributed by atoms with Crippen LogP contribution in [0.3, 0.4) is 0 Å². The second-order valence-electron chi connectivity index (χ2n) is 17.9. The van der Waals surface area contributed by atoms with Gasteiger partial charge in [0, 0.05) is 43.5 Å². The molecule has 0 spiro atoms. The third-order valence-corrected chi connectivity index (χ3v) is 14.1. The molecular formula is C41H51N9O6S2. The van der Waals surface area contributed by atoms with Gasteiger partial charge in [0.15, 0.2) is 22.5 Å². The molecule has 0 radical (unpaired) electrons. The van der Waals surface area contributed by atoms with Crippen LogP contribution in [0.1, 0.15) is 74.1 Å². The van der Waals surface area contributed by atoms with E-state index in [0.29, 0.717) is 42.7 Å². The Balaban J connectivity index is 0.993. The summed E-state index contributed by atoms with van der Waals surface area (Å²) in [7, 11) is -0.400. The first kappa shape index (κ1) is 40.2. The van der Waals surface area contributed by atoms with Gasteiger partial charge in [-0.1, -0.05) is 37.3 Å². The van der Waals surface area contributed by atoms with Crippen LogP contribution in [-0.4, -0.2) is 104 Å². The van der Waals surface area contributed by atoms with Crippen LogP contribution < -0.4 is 10.2 Å². The van der Waals surface area contributed by atoms with E-state index in [4.69, 9.17) is 9.84 Å². The average Bonchev–Trinajstić information content (AvgIpc) is 3.70. The third-order valence-electron chi connectivity index (χ3n) is 12.4. The number of likely N-dealkylation sites (N-methyl/N-ethyl adjacent to an activating group) is 1. The third kappa shape index (κ3) is 8.06. The number of thiazole rings is 1. The van der Waals surface area contributed by atoms with Crippen molar-refractivity contribution in [3.8, 4) is 11.1 Å². The minimum Gasteiger partial charge on any atom is -0.476 e. The standard InChI is InChI=1S/C41H51N9O6S2/c1-26-17-33(46-47-35(26)45-37-43-30-9-7-8-10-31(30)57-37)49(6)32-12-11-28(34(44-32)36(51)52)29-18-42-50(27(29)2)25-40-20-38(3)19-39(4,21-40)23-41(22-38,24-40)56-15-13-48(5)14-16-58(53,54)55/h7-12,17-18H,13-16,19-25H2,1-6H3,(H,51,52)(H,43,45,47)(H,53,54,55). The van der Waals surface area contributed by atoms with Crippen molar-refractivity contribution in [2.75, 3.05) is 49.8 Å². The number of aryl methyl sites for hydroxylation is 1. The molecule has 1 aromatic carbocycles. The Morgan fingerprint density at radius 3 is 2.38 bits per heavy atom. The van der Waals surface area contributed by atoms with Crippen molar-refractivity contribution >= 4 is 60.2 Å². The van der Waals surface area contributed by atoms with Crippen molar-refractivity contribution in [3.63, 3.8) is 0 Å². The van der Waals surface area contributed by atoms with Gasteiger partial charge in [-0.3, -0.25) is 9.23 Å². The number of anilines is 4. The molecule has 2 atom stereocenters. The van der Waals surface area contributed by atoms with Crippen LogP contribution in [0.15, 0.2) is 48.7 Å². The Morgan fingerprint density at radius 2 is 1.69 bits per heavy atom. The van der Waals surface area contributed by atoms with Crippen LogP contribution in [-0.2, 0) is 21.4 Å². The minimum absolute atomic E-state index is 0.0533. The van der Waals surface area contributed by atoms with E-state index >= 15 is 0 Å². The van der Waals surface area contributed by atoms with Crippen molar-refractivity contribution in [2.45, 2.75) is 78.4 Å². The lowest BCUT2D eigenvalue weighted by molar-refractivity contribution is -0.248. The van der Waals surface area contributed by atoms with Crippen LogP contribution >= 0.6 is 11.3 Å². The number of carboxylic acid groups (broad SMARTS) is 1. The summed E-state index contributed by atoms with van der Waals surface area (Å²) in [6.45, 7) is 10.7. The maximum absolute atomic E-state index is 12.8. The van der Waals surface area contributed by atoms with Crippen molar-refractivity contribution in [1.29, 1.82) is 0 Å². The molecule has 4 aliphatic rings. The van der Waals surface area contributed by atoms with Crippen LogP contribution in [0.2, 0.25) is 0 Å². The predicted molar refractivity (Wildman–Crippen MR) is 224 cm³/mol. The fourth-order valence-electron chi connectivity index (χ4n) is 11.1. The highest BCUT2D eigenvalue weighted by molar-refractivity contribution is 7.85. The average molecular weight is 830 g/mol. The molecule has 4 aliphatic carbocycles. The number of aromatic carboxylic acids is 1. The number of fused-ring (bicyclic) bond motifs is 1. The van der Waals surface area contributed by atoms with Crippen molar-refractivity contribution in [3.05, 3.63) is 65.6 Å². The topological polar surface area (TPSA) is 189 Å². The van der Waals surface area contributed by atoms with Crippen molar-refractivity contribution < 1.29 is 27.6 Å². The second-order valence-corrected chi connectivity index (χ2v) is 20.5. The molecule has 4 aromatic heterocycles. The smallest absolute Gasteiger partial charge is 0.355 e. The summed E-state index contributed by atoms with van der Waals surface area (Å²) in [4.78, 5) is 25.6. The Labute approximate surface area is 342 Å². The number of carbonyl (C=O) groups is 1. The first-order chi connectivity index (χ1) is 27.3. The molecule has 2 unspecified atom stereocenters. The first-order valence-electron chi connectivity index (χ1n) is 19.6. The summed E-state index contributed by atoms with van der Waals surface area (Å²) < 4.78 is 41.6. The summed E-state index contributed by atoms with van der Waals surface area (Å²) in [5.41, 5.74) is 3.66. The van der Waals surface area contributed by atoms with Crippen LogP contribution in [0, 0.1) is 30.1 Å². The van der Waals surface area contributed by atoms with Crippen molar-refractivity contribution in [2.24, 2.45) is 16.2 Å². The summed E-state index contributed by atoms with van der Waals surface area (Å²) in [5, 5.41) is 28.2. The Hall–Kier alpha value is -4.55. The number of nitrogens with one attached hydrogen (secondary N) is 1. The summed E-state index contributed by atoms with van der Waals surface area (Å²) in [6.07, 6.45) is 7.91. The van der Waals surface area contributed by atoms with Crippen LogP contribution in [0.4, 0.5) is 22.6 Å². The highest BCUT2D eigenvalue weighted by Gasteiger charge is 2.66. The van der Waals surface area contributed by atoms with Gasteiger partial charge in [-0.15, -0.1) is 10.2 Å². The molecule has 15 nitrogen and oxygen atoms in total. The van der Waals surface area contributed by atoms with E-state index in [9.17, 15) is 22.9 Å². The zero-order valence-electron chi connectivity index (χ0n) is 33.8. The molecule has 17 heteroatoms. The molecule has 4 heterocycles. The molecule has 3 N–H and O–H groups in total. The van der Waals surface area contributed by atoms with Gasteiger partial charge in [-0.2, -0.15) is 13.5 Å². The van der Waals surface area contributed by atoms with E-state index in [1.807, 2.05) is 60.8 Å². The van der Waals surface area contributed by atoms with Gasteiger partial charge in [0.25, 0.3) is 10.1 Å². The molecule has 4 saturated carbocycles. The number of aromatic nitrogens is 6. The molecule has 9 rings (SSSR count). The molecule has 4 bridgehead atoms. The SMILES string of the molecule is Cc1cc(N(C)c2ccc(-c3cnn(CC45CC6(C)CC(C)(C4)CC(OCCN(C)CCS(=O)(=O)O)(C6)C5)c3C)c(C(=O)O)n2)nnc1Nc1nc2ccccc2s1. The second kappa shape index (κ2) is 14.6. The predicted octanol–water partition coefficient (Wildman–Crippen LogP) is 7.13. The van der Waals surface area contributed by atoms with Gasteiger partial charge in [0.2, 0.25) is 0 Å². The lowest BCUT2D eigenvalue weighted by Gasteiger charge is -2.69. The van der Waals surface area contributed by atoms with E-state index in [1.165, 1.54) is 11.3 Å². The van der Waals surface area contributed by atoms with E-state index < -0.39 is 16.1 Å². The number of hydrogen-bond donors (Lipinski definition) is 3. The van der Waals surface area contributed by atoms with Crippen molar-refractivity contribution in [1.82, 2.24) is 34.8 Å². The molecule has 0 aliphatic heterocycles. The fraction of sp³-hybridized carbons (Fsp3) is 0.512. The van der Waals surface area contributed by atoms with Gasteiger partial charge < -0.3 is 25.0 Å². The van der Waals surface area contributed by atoms with Gasteiger partial charge in [0.05, 0.1) is 34.4 Å². The van der Waals surface area contributed by atoms with Gasteiger partial charge in [-0.05, 0) is 112 Å². The van der Waals surface area contributed by atoms with E-state index in [0.717, 1.165) is 70.7 Å². The van der Waals surface area contributed by atoms with E-state index in [1.54, 1.807) is 30.3 Å². The number of rotatable bonds is 15. The van der Waals surface area contributed by atoms with Crippen LogP contribution in [0.5, 0.6) is 0 Å². The fourth-order valence-corrected chi connectivity index (χ4v) is 12.5. The minimum atomic E-state index is -4.02. The first-order valence-corrected chi connectivity index (χ1v) is 22.0. The van der Waals surface area contributed by atoms with Gasteiger partial charge >= 0.3 is 5.97 Å². The van der Waals surface area contributed by atoms with E-state index in [2.05, 4.69) is 39.3 Å². The maximum atomic E-state index is 12.8. The molecule has 308 valence electrons. The molecule has 0 saturated heterocycles. The number of benzene rings is 1. The lowest BCUT2D eigenvalue weighted by atomic mass is 9.39. The monoisotopic (exact) mass is 829 g/mol. The quantitative estimate of drug-likeness (QED) is 0.0904. The maximum Gasteiger partial charge on any atom is 0.355 e. The number of para-hydroxylation sites is 1. The number of ether oxygens (including phenoxy) is 1. The van der Waals surface area contributed by atoms with Gasteiger partial charge in [0.1, 0.15) is 5.82 Å². The Morgan fingerprint density at radius 1 is 0.948 bits per heavy atom. The largest absolute Gasteiger partial charge is 0.476 e. The summed E-state index contributed by atoms with van der Waals surface area (Å²) in [5.74, 6) is 0.0598. The number of carboxylic acids is 1. The number of pyridine rings is 1. The van der Waals surface area contributed by atoms with Crippen LogP contribution in [0.25, 0.3) is 21.3 Å². The lowest BCUT2D eigenvalue weighted by Crippen LogP contribution is -2.64. The van der Waals surface area contributed by atoms with E-state index in [-0.39, 0.29) is 39.8 Å². The summed E-state index contributed by atoms with van der Waals surface area (Å²) >= 11 is 1.54. The zero-order valence-corrected chi connectivity index (χ0v) is 35.5. The van der Waals surface area contributed by atoms with Gasteiger partial charge in [-0.25, -0.2) is 14.8 Å². The molecule has 5 aromatic rings. The molecule has 58 heavy (non-hydrogen) atoms. The molecular weight excluding hydrogens is 779 g/mol. The highest BCUT2D eigenvalue weighted by atomic mass is 32.2.